The first-order chi connectivity index (χ1) is 10.1. The second-order valence-corrected chi connectivity index (χ2v) is 6.02. The van der Waals surface area contributed by atoms with Crippen LogP contribution in [0.25, 0.3) is 10.1 Å². The highest BCUT2D eigenvalue weighted by Gasteiger charge is 2.30. The van der Waals surface area contributed by atoms with E-state index in [4.69, 9.17) is 4.74 Å². The fourth-order valence-electron chi connectivity index (χ4n) is 2.65. The first-order valence-corrected chi connectivity index (χ1v) is 7.51. The maximum Gasteiger partial charge on any atom is 0.346 e. The Bertz CT molecular complexity index is 709. The van der Waals surface area contributed by atoms with Crippen LogP contribution in [0.1, 0.15) is 28.3 Å². The first-order valence-electron chi connectivity index (χ1n) is 6.69. The summed E-state index contributed by atoms with van der Waals surface area (Å²) in [6.07, 6.45) is -0.384. The molecule has 1 aromatic carbocycles. The van der Waals surface area contributed by atoms with Gasteiger partial charge in [-0.25, -0.2) is 4.79 Å². The number of fused-ring (bicyclic) bond motifs is 1. The van der Waals surface area contributed by atoms with Gasteiger partial charge in [0.05, 0.1) is 13.2 Å². The van der Waals surface area contributed by atoms with Gasteiger partial charge in [0, 0.05) is 23.7 Å². The minimum absolute atomic E-state index is 0.0142. The molecule has 0 unspecified atom stereocenters. The van der Waals surface area contributed by atoms with Gasteiger partial charge < -0.3 is 14.7 Å². The monoisotopic (exact) mass is 305 g/mol. The van der Waals surface area contributed by atoms with E-state index < -0.39 is 5.97 Å². The van der Waals surface area contributed by atoms with Crippen molar-refractivity contribution in [1.29, 1.82) is 0 Å². The molecule has 1 aliphatic rings. The summed E-state index contributed by atoms with van der Waals surface area (Å²) in [5.74, 6) is -0.963. The van der Waals surface area contributed by atoms with E-state index in [0.29, 0.717) is 30.1 Å². The van der Waals surface area contributed by atoms with E-state index in [9.17, 15) is 14.7 Å². The minimum Gasteiger partial charge on any atom is -0.477 e. The Morgan fingerprint density at radius 1 is 1.38 bits per heavy atom. The molecule has 110 valence electrons. The summed E-state index contributed by atoms with van der Waals surface area (Å²) in [4.78, 5) is 25.1. The lowest BCUT2D eigenvalue weighted by atomic mass is 10.0. The lowest BCUT2D eigenvalue weighted by Gasteiger charge is -2.32. The average molecular weight is 305 g/mol. The quantitative estimate of drug-likeness (QED) is 0.926. The maximum absolute atomic E-state index is 11.6. The Labute approximate surface area is 125 Å². The Morgan fingerprint density at radius 3 is 2.86 bits per heavy atom. The van der Waals surface area contributed by atoms with E-state index in [-0.39, 0.29) is 12.0 Å². The van der Waals surface area contributed by atoms with Crippen molar-refractivity contribution in [3.05, 3.63) is 34.7 Å². The number of morpholine rings is 1. The molecule has 0 aliphatic carbocycles. The fourth-order valence-corrected chi connectivity index (χ4v) is 3.75. The van der Waals surface area contributed by atoms with Gasteiger partial charge in [-0.05, 0) is 11.5 Å². The summed E-state index contributed by atoms with van der Waals surface area (Å²) in [7, 11) is 0. The number of hydrogen-bond acceptors (Lipinski definition) is 4. The molecule has 0 radical (unpaired) electrons. The Balaban J connectivity index is 2.08. The van der Waals surface area contributed by atoms with E-state index in [1.54, 1.807) is 4.90 Å². The second kappa shape index (κ2) is 5.46. The van der Waals surface area contributed by atoms with Crippen LogP contribution in [0.3, 0.4) is 0 Å². The Morgan fingerprint density at radius 2 is 2.14 bits per heavy atom. The van der Waals surface area contributed by atoms with Gasteiger partial charge in [-0.2, -0.15) is 0 Å². The highest BCUT2D eigenvalue weighted by molar-refractivity contribution is 7.21. The first kappa shape index (κ1) is 14.0. The third-order valence-corrected chi connectivity index (χ3v) is 4.84. The molecule has 3 rings (SSSR count). The molecule has 1 atom stereocenters. The number of aromatic carboxylic acids is 1. The molecule has 1 fully saturated rings. The van der Waals surface area contributed by atoms with E-state index >= 15 is 0 Å². The molecule has 0 bridgehead atoms. The number of carboxylic acid groups (broad SMARTS) is 1. The van der Waals surface area contributed by atoms with Crippen LogP contribution in [-0.2, 0) is 9.53 Å². The number of amides is 1. The van der Waals surface area contributed by atoms with Crippen molar-refractivity contribution in [2.75, 3.05) is 19.7 Å². The molecule has 1 amide bonds. The summed E-state index contributed by atoms with van der Waals surface area (Å²) >= 11 is 1.25. The molecule has 21 heavy (non-hydrogen) atoms. The molecule has 1 aliphatic heterocycles. The number of carbonyl (C=O) groups is 2. The predicted octanol–water partition coefficient (Wildman–Crippen LogP) is 2.52. The molecule has 1 N–H and O–H groups in total. The molecule has 5 nitrogen and oxygen atoms in total. The highest BCUT2D eigenvalue weighted by Crippen LogP contribution is 2.38. The Kier molecular flexibility index (Phi) is 3.65. The molecule has 2 heterocycles. The summed E-state index contributed by atoms with van der Waals surface area (Å²) < 4.78 is 6.68. The molecular formula is C15H15NO4S. The highest BCUT2D eigenvalue weighted by atomic mass is 32.1. The molecule has 2 aromatic rings. The molecule has 1 saturated heterocycles. The zero-order valence-corrected chi connectivity index (χ0v) is 12.4. The predicted molar refractivity (Wildman–Crippen MR) is 79.7 cm³/mol. The number of benzene rings is 1. The normalized spacial score (nSPS) is 18.9. The van der Waals surface area contributed by atoms with Gasteiger partial charge in [0.1, 0.15) is 11.0 Å². The van der Waals surface area contributed by atoms with Crippen LogP contribution in [-0.4, -0.2) is 41.6 Å². The van der Waals surface area contributed by atoms with Gasteiger partial charge >= 0.3 is 5.97 Å². The largest absolute Gasteiger partial charge is 0.477 e. The molecular weight excluding hydrogens is 290 g/mol. The lowest BCUT2D eigenvalue weighted by Crippen LogP contribution is -2.41. The number of ether oxygens (including phenoxy) is 1. The van der Waals surface area contributed by atoms with E-state index in [1.807, 2.05) is 24.3 Å². The number of carboxylic acids is 1. The van der Waals surface area contributed by atoms with Gasteiger partial charge in [0.25, 0.3) is 0 Å². The van der Waals surface area contributed by atoms with Crippen LogP contribution in [0.4, 0.5) is 0 Å². The third kappa shape index (κ3) is 2.52. The van der Waals surface area contributed by atoms with E-state index in [0.717, 1.165) is 10.1 Å². The van der Waals surface area contributed by atoms with Crippen LogP contribution in [0.2, 0.25) is 0 Å². The van der Waals surface area contributed by atoms with Gasteiger partial charge in [0.2, 0.25) is 5.91 Å². The van der Waals surface area contributed by atoms with Crippen LogP contribution in [0.5, 0.6) is 0 Å². The average Bonchev–Trinajstić information content (AvgIpc) is 2.87. The molecule has 1 aromatic heterocycles. The molecule has 0 spiro atoms. The van der Waals surface area contributed by atoms with Crippen molar-refractivity contribution in [3.63, 3.8) is 0 Å². The zero-order valence-electron chi connectivity index (χ0n) is 11.5. The fraction of sp³-hybridized carbons (Fsp3) is 0.333. The van der Waals surface area contributed by atoms with Crippen molar-refractivity contribution in [2.24, 2.45) is 0 Å². The maximum atomic E-state index is 11.6. The zero-order chi connectivity index (χ0) is 15.0. The Hall–Kier alpha value is -1.92. The smallest absolute Gasteiger partial charge is 0.346 e. The lowest BCUT2D eigenvalue weighted by molar-refractivity contribution is -0.136. The van der Waals surface area contributed by atoms with Crippen molar-refractivity contribution in [2.45, 2.75) is 13.0 Å². The summed E-state index contributed by atoms with van der Waals surface area (Å²) in [5, 5.41) is 10.3. The van der Waals surface area contributed by atoms with E-state index in [1.165, 1.54) is 18.3 Å². The van der Waals surface area contributed by atoms with Gasteiger partial charge in [-0.1, -0.05) is 18.2 Å². The topological polar surface area (TPSA) is 66.8 Å². The summed E-state index contributed by atoms with van der Waals surface area (Å²) in [6.45, 7) is 2.90. The van der Waals surface area contributed by atoms with Crippen LogP contribution in [0, 0.1) is 0 Å². The van der Waals surface area contributed by atoms with Crippen LogP contribution >= 0.6 is 11.3 Å². The third-order valence-electron chi connectivity index (χ3n) is 3.66. The van der Waals surface area contributed by atoms with E-state index in [2.05, 4.69) is 0 Å². The number of nitrogens with zero attached hydrogens (tertiary/aromatic N) is 1. The van der Waals surface area contributed by atoms with Crippen molar-refractivity contribution >= 4 is 33.3 Å². The van der Waals surface area contributed by atoms with Crippen molar-refractivity contribution < 1.29 is 19.4 Å². The summed E-state index contributed by atoms with van der Waals surface area (Å²) in [6, 6.07) is 7.58. The van der Waals surface area contributed by atoms with Crippen molar-refractivity contribution in [1.82, 2.24) is 4.90 Å². The van der Waals surface area contributed by atoms with Crippen LogP contribution < -0.4 is 0 Å². The second-order valence-electron chi connectivity index (χ2n) is 4.97. The number of hydrogen-bond donors (Lipinski definition) is 1. The van der Waals surface area contributed by atoms with Crippen molar-refractivity contribution in [3.8, 4) is 0 Å². The summed E-state index contributed by atoms with van der Waals surface area (Å²) in [5.41, 5.74) is 0.689. The standard InChI is InChI=1S/C15H15NO4S/c1-9(17)16-6-7-20-11(8-16)13-10-4-2-3-5-12(10)21-14(13)15(18)19/h2-5,11H,6-8H2,1H3,(H,18,19)/t11-/m0/s1. The van der Waals surface area contributed by atoms with Crippen LogP contribution in [0.15, 0.2) is 24.3 Å². The molecule has 0 saturated carbocycles. The number of rotatable bonds is 2. The van der Waals surface area contributed by atoms with Gasteiger partial charge in [-0.3, -0.25) is 4.79 Å². The SMILES string of the molecule is CC(=O)N1CCO[C@H](c2c(C(=O)O)sc3ccccc23)C1. The minimum atomic E-state index is -0.949. The van der Waals surface area contributed by atoms with Gasteiger partial charge in [-0.15, -0.1) is 11.3 Å². The number of carbonyl (C=O) groups excluding carboxylic acids is 1. The molecule has 6 heteroatoms. The number of thiophene rings is 1. The van der Waals surface area contributed by atoms with Gasteiger partial charge in [0.15, 0.2) is 0 Å².